The average molecular weight is 443 g/mol. The average Bonchev–Trinajstić information content (AvgIpc) is 3.10. The summed E-state index contributed by atoms with van der Waals surface area (Å²) in [5, 5.41) is 12.4. The number of benzene rings is 2. The lowest BCUT2D eigenvalue weighted by Crippen LogP contribution is -2.15. The number of rotatable bonds is 9. The molecule has 0 aliphatic carbocycles. The van der Waals surface area contributed by atoms with Crippen molar-refractivity contribution in [2.75, 3.05) is 11.1 Å². The van der Waals surface area contributed by atoms with Crippen molar-refractivity contribution in [2.24, 2.45) is 0 Å². The summed E-state index contributed by atoms with van der Waals surface area (Å²) < 4.78 is 7.91. The fourth-order valence-corrected chi connectivity index (χ4v) is 3.84. The number of carbonyl (C=O) groups excluding carboxylic acids is 1. The van der Waals surface area contributed by atoms with Crippen LogP contribution in [-0.4, -0.2) is 26.4 Å². The van der Waals surface area contributed by atoms with Gasteiger partial charge in [-0.25, -0.2) is 0 Å². The Balaban J connectivity index is 1.66. The Hall–Kier alpha value is -2.77. The molecule has 0 fully saturated rings. The van der Waals surface area contributed by atoms with Gasteiger partial charge in [0.25, 0.3) is 0 Å². The molecular weight excluding hydrogens is 420 g/mol. The number of anilines is 1. The van der Waals surface area contributed by atoms with Gasteiger partial charge >= 0.3 is 0 Å². The van der Waals surface area contributed by atoms with Crippen LogP contribution in [0.15, 0.2) is 60.3 Å². The number of nitrogens with zero attached hydrogens (tertiary/aromatic N) is 3. The molecule has 0 radical (unpaired) electrons. The zero-order valence-electron chi connectivity index (χ0n) is 16.9. The Morgan fingerprint density at radius 3 is 2.63 bits per heavy atom. The van der Waals surface area contributed by atoms with Crippen molar-refractivity contribution in [3.8, 4) is 5.75 Å². The summed E-state index contributed by atoms with van der Waals surface area (Å²) in [6, 6.07) is 13.1. The highest BCUT2D eigenvalue weighted by Gasteiger charge is 2.15. The zero-order valence-corrected chi connectivity index (χ0v) is 18.5. The van der Waals surface area contributed by atoms with Gasteiger partial charge in [-0.3, -0.25) is 9.36 Å². The lowest BCUT2D eigenvalue weighted by Gasteiger charge is -2.12. The number of nitrogens with one attached hydrogen (secondary N) is 1. The number of ether oxygens (including phenoxy) is 1. The Kier molecular flexibility index (Phi) is 7.54. The van der Waals surface area contributed by atoms with Crippen molar-refractivity contribution in [3.05, 3.63) is 77.1 Å². The summed E-state index contributed by atoms with van der Waals surface area (Å²) in [6.45, 7) is 8.62. The molecule has 2 aromatic carbocycles. The molecule has 0 saturated carbocycles. The van der Waals surface area contributed by atoms with E-state index in [0.717, 1.165) is 16.9 Å². The summed E-state index contributed by atoms with van der Waals surface area (Å²) in [5.74, 6) is 1.53. The van der Waals surface area contributed by atoms with E-state index in [-0.39, 0.29) is 18.3 Å². The standard InChI is InChI=1S/C22H23ClN4O2S/c1-4-12-27-19(13-29-21-15(2)8-7-9-16(21)3)25-26-22(27)30-14-20(28)24-18-11-6-5-10-17(18)23/h4-11H,1,12-14H2,2-3H3,(H,24,28). The van der Waals surface area contributed by atoms with Crippen molar-refractivity contribution >= 4 is 35.0 Å². The maximum Gasteiger partial charge on any atom is 0.234 e. The first-order chi connectivity index (χ1) is 14.5. The van der Waals surface area contributed by atoms with Crippen LogP contribution >= 0.6 is 23.4 Å². The molecule has 0 aliphatic rings. The number of aryl methyl sites for hydroxylation is 2. The normalized spacial score (nSPS) is 10.6. The van der Waals surface area contributed by atoms with E-state index in [0.29, 0.717) is 28.2 Å². The van der Waals surface area contributed by atoms with Crippen LogP contribution in [0.4, 0.5) is 5.69 Å². The number of aromatic nitrogens is 3. The second-order valence-electron chi connectivity index (χ2n) is 6.62. The van der Waals surface area contributed by atoms with E-state index in [1.807, 2.05) is 48.7 Å². The Bertz CT molecular complexity index is 1030. The second kappa shape index (κ2) is 10.3. The number of hydrogen-bond acceptors (Lipinski definition) is 5. The summed E-state index contributed by atoms with van der Waals surface area (Å²) in [4.78, 5) is 12.3. The van der Waals surface area contributed by atoms with Gasteiger partial charge in [0.05, 0.1) is 16.5 Å². The summed E-state index contributed by atoms with van der Waals surface area (Å²) >= 11 is 7.39. The predicted molar refractivity (Wildman–Crippen MR) is 121 cm³/mol. The van der Waals surface area contributed by atoms with Crippen LogP contribution < -0.4 is 10.1 Å². The molecular formula is C22H23ClN4O2S. The lowest BCUT2D eigenvalue weighted by atomic mass is 10.1. The minimum Gasteiger partial charge on any atom is -0.485 e. The van der Waals surface area contributed by atoms with Crippen molar-refractivity contribution in [1.82, 2.24) is 14.8 Å². The minimum atomic E-state index is -0.172. The van der Waals surface area contributed by atoms with Crippen molar-refractivity contribution in [1.29, 1.82) is 0 Å². The van der Waals surface area contributed by atoms with Crippen LogP contribution in [0.1, 0.15) is 17.0 Å². The maximum absolute atomic E-state index is 12.3. The smallest absolute Gasteiger partial charge is 0.234 e. The minimum absolute atomic E-state index is 0.172. The highest BCUT2D eigenvalue weighted by atomic mass is 35.5. The van der Waals surface area contributed by atoms with Crippen LogP contribution in [0.25, 0.3) is 0 Å². The van der Waals surface area contributed by atoms with Gasteiger partial charge in [-0.15, -0.1) is 16.8 Å². The van der Waals surface area contributed by atoms with Gasteiger partial charge in [-0.1, -0.05) is 59.8 Å². The molecule has 30 heavy (non-hydrogen) atoms. The van der Waals surface area contributed by atoms with Crippen LogP contribution in [0.5, 0.6) is 5.75 Å². The SMILES string of the molecule is C=CCn1c(COc2c(C)cccc2C)nnc1SCC(=O)Nc1ccccc1Cl. The molecule has 1 amide bonds. The fraction of sp³-hybridized carbons (Fsp3) is 0.227. The number of carbonyl (C=O) groups is 1. The quantitative estimate of drug-likeness (QED) is 0.371. The fourth-order valence-electron chi connectivity index (χ4n) is 2.89. The van der Waals surface area contributed by atoms with Gasteiger partial charge < -0.3 is 10.1 Å². The third kappa shape index (κ3) is 5.43. The highest BCUT2D eigenvalue weighted by molar-refractivity contribution is 7.99. The molecule has 0 aliphatic heterocycles. The molecule has 1 N–H and O–H groups in total. The van der Waals surface area contributed by atoms with Gasteiger partial charge in [0.15, 0.2) is 11.0 Å². The molecule has 0 bridgehead atoms. The Morgan fingerprint density at radius 1 is 1.20 bits per heavy atom. The van der Waals surface area contributed by atoms with Crippen LogP contribution in [-0.2, 0) is 17.9 Å². The number of allylic oxidation sites excluding steroid dienone is 1. The molecule has 8 heteroatoms. The second-order valence-corrected chi connectivity index (χ2v) is 7.97. The molecule has 1 aromatic heterocycles. The topological polar surface area (TPSA) is 69.0 Å². The lowest BCUT2D eigenvalue weighted by molar-refractivity contribution is -0.113. The first-order valence-electron chi connectivity index (χ1n) is 9.38. The molecule has 3 rings (SSSR count). The van der Waals surface area contributed by atoms with E-state index in [2.05, 4.69) is 22.1 Å². The van der Waals surface area contributed by atoms with E-state index in [1.54, 1.807) is 18.2 Å². The Morgan fingerprint density at radius 2 is 1.93 bits per heavy atom. The number of thioether (sulfide) groups is 1. The molecule has 0 atom stereocenters. The molecule has 1 heterocycles. The van der Waals surface area contributed by atoms with Gasteiger partial charge in [0.1, 0.15) is 12.4 Å². The monoisotopic (exact) mass is 442 g/mol. The van der Waals surface area contributed by atoms with Gasteiger partial charge in [-0.2, -0.15) is 0 Å². The summed E-state index contributed by atoms with van der Waals surface area (Å²) in [7, 11) is 0. The van der Waals surface area contributed by atoms with E-state index < -0.39 is 0 Å². The zero-order chi connectivity index (χ0) is 21.5. The van der Waals surface area contributed by atoms with E-state index in [9.17, 15) is 4.79 Å². The predicted octanol–water partition coefficient (Wildman–Crippen LogP) is 5.04. The number of halogens is 1. The van der Waals surface area contributed by atoms with Crippen LogP contribution in [0.3, 0.4) is 0 Å². The summed E-state index contributed by atoms with van der Waals surface area (Å²) in [5.41, 5.74) is 2.71. The maximum atomic E-state index is 12.3. The van der Waals surface area contributed by atoms with Crippen molar-refractivity contribution in [2.45, 2.75) is 32.2 Å². The van der Waals surface area contributed by atoms with Crippen molar-refractivity contribution in [3.63, 3.8) is 0 Å². The van der Waals surface area contributed by atoms with Gasteiger partial charge in [0, 0.05) is 6.54 Å². The number of amides is 1. The molecule has 6 nitrogen and oxygen atoms in total. The van der Waals surface area contributed by atoms with Gasteiger partial charge in [-0.05, 0) is 37.1 Å². The van der Waals surface area contributed by atoms with Crippen molar-refractivity contribution < 1.29 is 9.53 Å². The van der Waals surface area contributed by atoms with Gasteiger partial charge in [0.2, 0.25) is 5.91 Å². The van der Waals surface area contributed by atoms with Crippen LogP contribution in [0.2, 0.25) is 5.02 Å². The largest absolute Gasteiger partial charge is 0.485 e. The first-order valence-corrected chi connectivity index (χ1v) is 10.7. The molecule has 156 valence electrons. The third-order valence-electron chi connectivity index (χ3n) is 4.34. The van der Waals surface area contributed by atoms with E-state index in [4.69, 9.17) is 16.3 Å². The number of para-hydroxylation sites is 2. The molecule has 3 aromatic rings. The molecule has 0 unspecified atom stereocenters. The summed E-state index contributed by atoms with van der Waals surface area (Å²) in [6.07, 6.45) is 1.76. The Labute approximate surface area is 185 Å². The molecule has 0 spiro atoms. The molecule has 0 saturated heterocycles. The highest BCUT2D eigenvalue weighted by Crippen LogP contribution is 2.25. The number of hydrogen-bond donors (Lipinski definition) is 1. The third-order valence-corrected chi connectivity index (χ3v) is 5.64. The first kappa shape index (κ1) is 21.9. The van der Waals surface area contributed by atoms with E-state index >= 15 is 0 Å². The van der Waals surface area contributed by atoms with Crippen LogP contribution in [0, 0.1) is 13.8 Å². The van der Waals surface area contributed by atoms with E-state index in [1.165, 1.54) is 11.8 Å².